The third kappa shape index (κ3) is 3.66. The molecule has 6 rings (SSSR count). The van der Waals surface area contributed by atoms with Crippen molar-refractivity contribution in [1.82, 2.24) is 5.06 Å². The second-order valence-corrected chi connectivity index (χ2v) is 11.3. The number of fused-ring (bicyclic) bond motifs is 4. The quantitative estimate of drug-likeness (QED) is 0.321. The molecular formula is C29H26ClFN2O7. The zero-order chi connectivity index (χ0) is 28.5. The number of nitrogens with zero attached hydrogens (tertiary/aromatic N) is 2. The predicted octanol–water partition coefficient (Wildman–Crippen LogP) is 3.47. The van der Waals surface area contributed by atoms with Crippen molar-refractivity contribution in [2.24, 2.45) is 29.1 Å². The number of hydroxylamine groups is 2. The molecule has 0 bridgehead atoms. The standard InChI is InChI=1S/C29H26ClFN2O7/c1-29-20(26(36)32(28(29)38)15-4-9-22(31)21(30)12-15)13-19-17(7-8-18-23(19)27(37)33(39)25(18)35)24(29)14-2-5-16(6-3-14)40-11-10-34/h2-7,9,12,18-20,23-24,34,39H,8,10-11,13H2,1H3. The first kappa shape index (κ1) is 26.6. The number of anilines is 1. The highest BCUT2D eigenvalue weighted by molar-refractivity contribution is 6.31. The summed E-state index contributed by atoms with van der Waals surface area (Å²) in [7, 11) is 0. The molecule has 6 unspecified atom stereocenters. The lowest BCUT2D eigenvalue weighted by Crippen LogP contribution is -2.48. The lowest BCUT2D eigenvalue weighted by molar-refractivity contribution is -0.173. The molecule has 208 valence electrons. The first-order valence-corrected chi connectivity index (χ1v) is 13.4. The molecule has 6 atom stereocenters. The number of carbonyl (C=O) groups excluding carboxylic acids is 4. The highest BCUT2D eigenvalue weighted by Crippen LogP contribution is 2.63. The number of carbonyl (C=O) groups is 4. The summed E-state index contributed by atoms with van der Waals surface area (Å²) in [4.78, 5) is 54.9. The van der Waals surface area contributed by atoms with Crippen LogP contribution >= 0.6 is 11.6 Å². The largest absolute Gasteiger partial charge is 0.491 e. The van der Waals surface area contributed by atoms with Crippen LogP contribution in [0, 0.1) is 34.9 Å². The highest BCUT2D eigenvalue weighted by atomic mass is 35.5. The zero-order valence-corrected chi connectivity index (χ0v) is 22.2. The Labute approximate surface area is 233 Å². The van der Waals surface area contributed by atoms with Crippen molar-refractivity contribution >= 4 is 40.9 Å². The van der Waals surface area contributed by atoms with Crippen LogP contribution < -0.4 is 9.64 Å². The van der Waals surface area contributed by atoms with E-state index in [9.17, 15) is 28.8 Å². The summed E-state index contributed by atoms with van der Waals surface area (Å²) in [5, 5.41) is 19.2. The molecule has 40 heavy (non-hydrogen) atoms. The molecule has 0 spiro atoms. The van der Waals surface area contributed by atoms with Crippen molar-refractivity contribution in [2.75, 3.05) is 18.1 Å². The lowest BCUT2D eigenvalue weighted by Gasteiger charge is -2.49. The van der Waals surface area contributed by atoms with E-state index in [0.717, 1.165) is 16.5 Å². The van der Waals surface area contributed by atoms with Crippen LogP contribution in [0.15, 0.2) is 54.1 Å². The molecule has 2 aliphatic carbocycles. The molecule has 2 aliphatic heterocycles. The number of hydrogen-bond donors (Lipinski definition) is 2. The third-order valence-corrected chi connectivity index (χ3v) is 9.28. The molecule has 2 aromatic rings. The summed E-state index contributed by atoms with van der Waals surface area (Å²) in [6.07, 6.45) is 2.21. The molecule has 9 nitrogen and oxygen atoms in total. The van der Waals surface area contributed by atoms with Gasteiger partial charge in [-0.15, -0.1) is 0 Å². The lowest BCUT2D eigenvalue weighted by atomic mass is 9.51. The van der Waals surface area contributed by atoms with Crippen molar-refractivity contribution in [2.45, 2.75) is 25.7 Å². The molecule has 3 fully saturated rings. The van der Waals surface area contributed by atoms with Gasteiger partial charge in [-0.3, -0.25) is 24.4 Å². The van der Waals surface area contributed by atoms with E-state index in [0.29, 0.717) is 11.3 Å². The second-order valence-electron chi connectivity index (χ2n) is 10.9. The van der Waals surface area contributed by atoms with Gasteiger partial charge in [-0.1, -0.05) is 35.4 Å². The SMILES string of the molecule is CC12C(=O)N(c3ccc(F)c(Cl)c3)C(=O)C1CC1C(=CCC3C(=O)N(O)C(=O)C31)C2c1ccc(OCCO)cc1. The van der Waals surface area contributed by atoms with Gasteiger partial charge >= 0.3 is 0 Å². The summed E-state index contributed by atoms with van der Waals surface area (Å²) in [5.41, 5.74) is 0.342. The van der Waals surface area contributed by atoms with Gasteiger partial charge in [-0.05, 0) is 61.6 Å². The Morgan fingerprint density at radius 3 is 2.45 bits per heavy atom. The average molecular weight is 569 g/mol. The van der Waals surface area contributed by atoms with E-state index < -0.39 is 64.5 Å². The van der Waals surface area contributed by atoms with Crippen molar-refractivity contribution < 1.29 is 38.6 Å². The van der Waals surface area contributed by atoms with E-state index in [1.165, 1.54) is 12.1 Å². The Morgan fingerprint density at radius 1 is 1.05 bits per heavy atom. The van der Waals surface area contributed by atoms with Gasteiger partial charge in [0.2, 0.25) is 11.8 Å². The van der Waals surface area contributed by atoms with Crippen LogP contribution in [0.5, 0.6) is 5.75 Å². The van der Waals surface area contributed by atoms with Crippen LogP contribution in [-0.2, 0) is 19.2 Å². The van der Waals surface area contributed by atoms with E-state index >= 15 is 0 Å². The Bertz CT molecular complexity index is 1480. The van der Waals surface area contributed by atoms with Gasteiger partial charge in [0.1, 0.15) is 18.2 Å². The third-order valence-electron chi connectivity index (χ3n) is 8.99. The normalized spacial score (nSPS) is 31.2. The van der Waals surface area contributed by atoms with Gasteiger partial charge in [0.05, 0.1) is 40.5 Å². The number of imide groups is 2. The molecule has 0 radical (unpaired) electrons. The summed E-state index contributed by atoms with van der Waals surface area (Å²) >= 11 is 6.00. The molecule has 4 amide bonds. The number of amides is 4. The maximum absolute atomic E-state index is 14.3. The summed E-state index contributed by atoms with van der Waals surface area (Å²) in [5.74, 6) is -6.20. The number of ether oxygens (including phenoxy) is 1. The van der Waals surface area contributed by atoms with E-state index in [2.05, 4.69) is 0 Å². The Kier molecular flexibility index (Phi) is 6.32. The molecule has 2 saturated heterocycles. The van der Waals surface area contributed by atoms with Crippen LogP contribution in [0.3, 0.4) is 0 Å². The van der Waals surface area contributed by atoms with Gasteiger partial charge in [0.25, 0.3) is 11.8 Å². The van der Waals surface area contributed by atoms with Crippen LogP contribution in [0.2, 0.25) is 5.02 Å². The molecule has 2 aromatic carbocycles. The number of aliphatic hydroxyl groups is 1. The van der Waals surface area contributed by atoms with Gasteiger partial charge in [-0.2, -0.15) is 5.06 Å². The van der Waals surface area contributed by atoms with Gasteiger partial charge in [0, 0.05) is 5.92 Å². The second kappa shape index (κ2) is 9.50. The predicted molar refractivity (Wildman–Crippen MR) is 139 cm³/mol. The first-order valence-electron chi connectivity index (χ1n) is 13.0. The molecule has 1 saturated carbocycles. The fraction of sp³-hybridized carbons (Fsp3) is 0.379. The van der Waals surface area contributed by atoms with E-state index in [1.807, 2.05) is 6.08 Å². The first-order chi connectivity index (χ1) is 19.1. The summed E-state index contributed by atoms with van der Waals surface area (Å²) in [6.45, 7) is 1.68. The Hall–Kier alpha value is -3.60. The minimum atomic E-state index is -1.27. The number of benzene rings is 2. The molecule has 2 N–H and O–H groups in total. The summed E-state index contributed by atoms with van der Waals surface area (Å²) in [6, 6.07) is 10.6. The van der Waals surface area contributed by atoms with Crippen molar-refractivity contribution in [3.05, 3.63) is 70.5 Å². The molecule has 4 aliphatic rings. The average Bonchev–Trinajstić information content (AvgIpc) is 3.28. The van der Waals surface area contributed by atoms with Crippen LogP contribution in [0.4, 0.5) is 10.1 Å². The number of aliphatic hydroxyl groups excluding tert-OH is 1. The van der Waals surface area contributed by atoms with Crippen LogP contribution in [0.25, 0.3) is 0 Å². The zero-order valence-electron chi connectivity index (χ0n) is 21.4. The fourth-order valence-electron chi connectivity index (χ4n) is 7.17. The smallest absolute Gasteiger partial charge is 0.257 e. The van der Waals surface area contributed by atoms with Gasteiger partial charge in [-0.25, -0.2) is 9.29 Å². The number of halogens is 2. The van der Waals surface area contributed by atoms with Gasteiger partial charge in [0.15, 0.2) is 0 Å². The fourth-order valence-corrected chi connectivity index (χ4v) is 7.34. The minimum absolute atomic E-state index is 0.106. The van der Waals surface area contributed by atoms with Crippen LogP contribution in [-0.4, -0.2) is 52.2 Å². The maximum Gasteiger partial charge on any atom is 0.257 e. The molecule has 2 heterocycles. The topological polar surface area (TPSA) is 124 Å². The van der Waals surface area contributed by atoms with Crippen LogP contribution in [0.1, 0.15) is 31.2 Å². The Balaban J connectivity index is 1.49. The number of hydrogen-bond acceptors (Lipinski definition) is 7. The number of allylic oxidation sites excluding steroid dienone is 2. The monoisotopic (exact) mass is 568 g/mol. The number of rotatable bonds is 5. The maximum atomic E-state index is 14.3. The van der Waals surface area contributed by atoms with E-state index in [1.54, 1.807) is 31.2 Å². The molecule has 0 aromatic heterocycles. The molecular weight excluding hydrogens is 543 g/mol. The van der Waals surface area contributed by atoms with E-state index in [-0.39, 0.29) is 41.8 Å². The summed E-state index contributed by atoms with van der Waals surface area (Å²) < 4.78 is 19.4. The molecule has 11 heteroatoms. The minimum Gasteiger partial charge on any atom is -0.491 e. The van der Waals surface area contributed by atoms with E-state index in [4.69, 9.17) is 21.4 Å². The van der Waals surface area contributed by atoms with Gasteiger partial charge < -0.3 is 9.84 Å². The van der Waals surface area contributed by atoms with Crippen molar-refractivity contribution in [3.63, 3.8) is 0 Å². The van der Waals surface area contributed by atoms with Crippen molar-refractivity contribution in [3.8, 4) is 5.75 Å². The Morgan fingerprint density at radius 2 is 1.77 bits per heavy atom. The highest BCUT2D eigenvalue weighted by Gasteiger charge is 2.67. The van der Waals surface area contributed by atoms with Crippen molar-refractivity contribution in [1.29, 1.82) is 0 Å².